The molecule has 20 heavy (non-hydrogen) atoms. The number of carbonyl (C=O) groups excluding carboxylic acids is 2. The number of H-pyrrole nitrogens is 1. The standard InChI is InChI=1S/C13H20N4O3/c1-11(2)12(18)20-9-6-16-13(19)15-4-3-7-17-8-5-14-10-17/h5,8,10H,1,3-4,6-7,9H2,2H3,(H2,15,16,19)/p+1. The summed E-state index contributed by atoms with van der Waals surface area (Å²) in [6, 6.07) is -0.268. The van der Waals surface area contributed by atoms with E-state index in [4.69, 9.17) is 4.74 Å². The molecular formula is C13H21N4O3+. The molecule has 1 aromatic rings. The number of ether oxygens (including phenoxy) is 1. The van der Waals surface area contributed by atoms with Crippen LogP contribution in [0.3, 0.4) is 0 Å². The second kappa shape index (κ2) is 8.73. The maximum absolute atomic E-state index is 11.4. The fourth-order valence-electron chi connectivity index (χ4n) is 1.42. The van der Waals surface area contributed by atoms with E-state index in [1.54, 1.807) is 6.92 Å². The van der Waals surface area contributed by atoms with Gasteiger partial charge in [-0.3, -0.25) is 4.98 Å². The highest BCUT2D eigenvalue weighted by atomic mass is 16.5. The number of esters is 1. The van der Waals surface area contributed by atoms with Crippen LogP contribution < -0.4 is 15.2 Å². The zero-order chi connectivity index (χ0) is 14.8. The third kappa shape index (κ3) is 6.58. The molecule has 7 nitrogen and oxygen atoms in total. The van der Waals surface area contributed by atoms with Crippen molar-refractivity contribution in [3.05, 3.63) is 30.9 Å². The second-order valence-electron chi connectivity index (χ2n) is 4.30. The lowest BCUT2D eigenvalue weighted by molar-refractivity contribution is -0.695. The van der Waals surface area contributed by atoms with Crippen LogP contribution in [0.15, 0.2) is 30.9 Å². The summed E-state index contributed by atoms with van der Waals surface area (Å²) in [6.07, 6.45) is 6.46. The Bertz CT molecular complexity index is 442. The number of urea groups is 1. The summed E-state index contributed by atoms with van der Waals surface area (Å²) < 4.78 is 6.84. The minimum Gasteiger partial charge on any atom is -0.460 e. The average Bonchev–Trinajstić information content (AvgIpc) is 2.92. The predicted octanol–water partition coefficient (Wildman–Crippen LogP) is 0.111. The molecule has 0 saturated heterocycles. The minimum atomic E-state index is -0.448. The molecule has 0 aliphatic carbocycles. The number of amides is 2. The van der Waals surface area contributed by atoms with E-state index >= 15 is 0 Å². The van der Waals surface area contributed by atoms with Gasteiger partial charge in [0.15, 0.2) is 0 Å². The van der Waals surface area contributed by atoms with Gasteiger partial charge in [0.25, 0.3) is 0 Å². The molecule has 0 spiro atoms. The largest absolute Gasteiger partial charge is 0.460 e. The number of aromatic amines is 1. The number of rotatable bonds is 8. The van der Waals surface area contributed by atoms with Gasteiger partial charge in [0.05, 0.1) is 13.1 Å². The molecule has 110 valence electrons. The van der Waals surface area contributed by atoms with Crippen molar-refractivity contribution < 1.29 is 18.9 Å². The molecule has 0 aliphatic heterocycles. The molecule has 0 aliphatic rings. The van der Waals surface area contributed by atoms with Crippen LogP contribution in [0, 0.1) is 0 Å². The van der Waals surface area contributed by atoms with Gasteiger partial charge in [-0.05, 0) is 6.92 Å². The van der Waals surface area contributed by atoms with Gasteiger partial charge >= 0.3 is 12.0 Å². The third-order valence-electron chi connectivity index (χ3n) is 2.45. The first-order chi connectivity index (χ1) is 9.59. The lowest BCUT2D eigenvalue weighted by atomic mass is 10.4. The molecule has 0 unspecified atom stereocenters. The molecule has 0 bridgehead atoms. The van der Waals surface area contributed by atoms with Crippen molar-refractivity contribution in [2.24, 2.45) is 0 Å². The van der Waals surface area contributed by atoms with Gasteiger partial charge in [0.1, 0.15) is 19.0 Å². The molecule has 2 amide bonds. The van der Waals surface area contributed by atoms with Gasteiger partial charge in [-0.1, -0.05) is 6.58 Å². The van der Waals surface area contributed by atoms with E-state index < -0.39 is 5.97 Å². The lowest BCUT2D eigenvalue weighted by Crippen LogP contribution is -2.39. The number of nitrogens with one attached hydrogen (secondary N) is 3. The van der Waals surface area contributed by atoms with Gasteiger partial charge in [-0.25, -0.2) is 14.2 Å². The Labute approximate surface area is 118 Å². The zero-order valence-corrected chi connectivity index (χ0v) is 11.6. The highest BCUT2D eigenvalue weighted by molar-refractivity contribution is 5.86. The second-order valence-corrected chi connectivity index (χ2v) is 4.30. The Balaban J connectivity index is 1.98. The minimum absolute atomic E-state index is 0.137. The van der Waals surface area contributed by atoms with Crippen LogP contribution in [0.25, 0.3) is 0 Å². The summed E-state index contributed by atoms with van der Waals surface area (Å²) in [5, 5.41) is 5.33. The zero-order valence-electron chi connectivity index (χ0n) is 11.6. The number of carbonyl (C=O) groups is 2. The number of aryl methyl sites for hydroxylation is 1. The SMILES string of the molecule is C=C(C)C(=O)OCCNC(=O)NCCC[n+]1cc[nH]c1. The Morgan fingerprint density at radius 2 is 2.10 bits per heavy atom. The lowest BCUT2D eigenvalue weighted by Gasteiger charge is -2.07. The van der Waals surface area contributed by atoms with E-state index in [0.717, 1.165) is 13.0 Å². The fourth-order valence-corrected chi connectivity index (χ4v) is 1.42. The van der Waals surface area contributed by atoms with E-state index in [-0.39, 0.29) is 19.2 Å². The van der Waals surface area contributed by atoms with Crippen LogP contribution in [-0.2, 0) is 16.1 Å². The van der Waals surface area contributed by atoms with E-state index in [1.165, 1.54) is 0 Å². The first-order valence-corrected chi connectivity index (χ1v) is 6.46. The number of hydrogen-bond donors (Lipinski definition) is 3. The van der Waals surface area contributed by atoms with Crippen molar-refractivity contribution in [3.8, 4) is 0 Å². The summed E-state index contributed by atoms with van der Waals surface area (Å²) in [5.74, 6) is -0.448. The quantitative estimate of drug-likeness (QED) is 0.273. The number of aromatic nitrogens is 2. The van der Waals surface area contributed by atoms with E-state index in [0.29, 0.717) is 12.1 Å². The van der Waals surface area contributed by atoms with Crippen molar-refractivity contribution in [3.63, 3.8) is 0 Å². The molecule has 1 heterocycles. The molecule has 1 rings (SSSR count). The van der Waals surface area contributed by atoms with Gasteiger partial charge in [-0.15, -0.1) is 0 Å². The fraction of sp³-hybridized carbons (Fsp3) is 0.462. The van der Waals surface area contributed by atoms with E-state index in [2.05, 4.69) is 22.2 Å². The number of imidazole rings is 1. The smallest absolute Gasteiger partial charge is 0.333 e. The summed E-state index contributed by atoms with van der Waals surface area (Å²) >= 11 is 0. The molecule has 0 saturated carbocycles. The monoisotopic (exact) mass is 281 g/mol. The van der Waals surface area contributed by atoms with Crippen LogP contribution in [-0.4, -0.2) is 36.7 Å². The highest BCUT2D eigenvalue weighted by Crippen LogP contribution is 1.90. The van der Waals surface area contributed by atoms with Crippen molar-refractivity contribution in [1.29, 1.82) is 0 Å². The third-order valence-corrected chi connectivity index (χ3v) is 2.45. The van der Waals surface area contributed by atoms with Crippen LogP contribution in [0.2, 0.25) is 0 Å². The van der Waals surface area contributed by atoms with E-state index in [9.17, 15) is 9.59 Å². The van der Waals surface area contributed by atoms with Crippen molar-refractivity contribution in [1.82, 2.24) is 15.6 Å². The van der Waals surface area contributed by atoms with Crippen molar-refractivity contribution in [2.45, 2.75) is 19.9 Å². The molecule has 0 radical (unpaired) electrons. The van der Waals surface area contributed by atoms with Crippen LogP contribution >= 0.6 is 0 Å². The molecule has 1 aromatic heterocycles. The average molecular weight is 281 g/mol. The van der Waals surface area contributed by atoms with Crippen molar-refractivity contribution in [2.75, 3.05) is 19.7 Å². The number of hydrogen-bond acceptors (Lipinski definition) is 3. The molecular weight excluding hydrogens is 260 g/mol. The Morgan fingerprint density at radius 1 is 1.35 bits per heavy atom. The predicted molar refractivity (Wildman–Crippen MR) is 72.8 cm³/mol. The van der Waals surface area contributed by atoms with Crippen LogP contribution in [0.5, 0.6) is 0 Å². The molecule has 0 atom stereocenters. The van der Waals surface area contributed by atoms with E-state index in [1.807, 2.05) is 23.3 Å². The van der Waals surface area contributed by atoms with Crippen molar-refractivity contribution >= 4 is 12.0 Å². The maximum atomic E-state index is 11.4. The number of nitrogens with zero attached hydrogens (tertiary/aromatic N) is 1. The maximum Gasteiger partial charge on any atom is 0.333 e. The van der Waals surface area contributed by atoms with Crippen LogP contribution in [0.1, 0.15) is 13.3 Å². The Kier molecular flexibility index (Phi) is 6.88. The Hall–Kier alpha value is -2.31. The van der Waals surface area contributed by atoms with Gasteiger partial charge in [0, 0.05) is 18.5 Å². The normalized spacial score (nSPS) is 9.85. The first-order valence-electron chi connectivity index (χ1n) is 6.46. The summed E-state index contributed by atoms with van der Waals surface area (Å²) in [4.78, 5) is 25.4. The Morgan fingerprint density at radius 3 is 2.75 bits per heavy atom. The molecule has 0 aromatic carbocycles. The van der Waals surface area contributed by atoms with Gasteiger partial charge in [0.2, 0.25) is 6.33 Å². The summed E-state index contributed by atoms with van der Waals surface area (Å²) in [6.45, 7) is 6.86. The first kappa shape index (κ1) is 15.7. The van der Waals surface area contributed by atoms with Gasteiger partial charge in [-0.2, -0.15) is 0 Å². The summed E-state index contributed by atoms with van der Waals surface area (Å²) in [7, 11) is 0. The van der Waals surface area contributed by atoms with Crippen LogP contribution in [0.4, 0.5) is 4.79 Å². The van der Waals surface area contributed by atoms with Gasteiger partial charge < -0.3 is 15.4 Å². The topological polar surface area (TPSA) is 87.1 Å². The molecule has 3 N–H and O–H groups in total. The molecule has 7 heteroatoms. The molecule has 0 fully saturated rings. The highest BCUT2D eigenvalue weighted by Gasteiger charge is 2.04. The summed E-state index contributed by atoms with van der Waals surface area (Å²) in [5.41, 5.74) is 0.344.